The zero-order chi connectivity index (χ0) is 25.9. The van der Waals surface area contributed by atoms with Crippen LogP contribution in [0.15, 0.2) is 73.1 Å². The van der Waals surface area contributed by atoms with Crippen molar-refractivity contribution in [3.05, 3.63) is 89.7 Å². The number of ketones is 1. The summed E-state index contributed by atoms with van der Waals surface area (Å²) < 4.78 is 5.40. The lowest BCUT2D eigenvalue weighted by Gasteiger charge is -2.22. The maximum Gasteiger partial charge on any atom is 0.296 e. The van der Waals surface area contributed by atoms with E-state index in [1.807, 2.05) is 57.2 Å². The van der Waals surface area contributed by atoms with Gasteiger partial charge in [-0.25, -0.2) is 0 Å². The third-order valence-electron chi connectivity index (χ3n) is 5.86. The number of nitriles is 1. The van der Waals surface area contributed by atoms with E-state index in [0.717, 1.165) is 22.3 Å². The lowest BCUT2D eigenvalue weighted by molar-refractivity contribution is -0.112. The summed E-state index contributed by atoms with van der Waals surface area (Å²) in [5, 5.41) is 17.1. The highest BCUT2D eigenvalue weighted by Crippen LogP contribution is 2.35. The third-order valence-corrected chi connectivity index (χ3v) is 5.86. The minimum absolute atomic E-state index is 0.216. The van der Waals surface area contributed by atoms with Crippen LogP contribution in [0.4, 0.5) is 17.1 Å². The first-order valence-corrected chi connectivity index (χ1v) is 11.4. The fraction of sp³-hybridized carbons (Fsp3) is 0.172. The Hall–Kier alpha value is -4.70. The van der Waals surface area contributed by atoms with Crippen LogP contribution in [0.3, 0.4) is 0 Å². The van der Waals surface area contributed by atoms with Gasteiger partial charge < -0.3 is 15.4 Å². The van der Waals surface area contributed by atoms with Gasteiger partial charge in [0.05, 0.1) is 18.4 Å². The number of hydrogen-bond donors (Lipinski definition) is 2. The molecule has 7 heteroatoms. The first kappa shape index (κ1) is 24.4. The van der Waals surface area contributed by atoms with Gasteiger partial charge in [0.2, 0.25) is 0 Å². The molecule has 7 nitrogen and oxygen atoms in total. The number of nitrogens with zero attached hydrogens (tertiary/aromatic N) is 2. The normalized spacial score (nSPS) is 11.0. The van der Waals surface area contributed by atoms with Gasteiger partial charge >= 0.3 is 0 Å². The molecule has 0 aliphatic heterocycles. The molecular weight excluding hydrogens is 452 g/mol. The highest BCUT2D eigenvalue weighted by atomic mass is 16.5. The van der Waals surface area contributed by atoms with E-state index in [1.54, 1.807) is 36.7 Å². The zero-order valence-electron chi connectivity index (χ0n) is 20.5. The summed E-state index contributed by atoms with van der Waals surface area (Å²) in [6.07, 6.45) is 3.38. The van der Waals surface area contributed by atoms with E-state index in [0.29, 0.717) is 5.39 Å². The van der Waals surface area contributed by atoms with E-state index in [2.05, 4.69) is 21.7 Å². The van der Waals surface area contributed by atoms with Crippen molar-refractivity contribution in [3.63, 3.8) is 0 Å². The van der Waals surface area contributed by atoms with Crippen LogP contribution in [0.2, 0.25) is 0 Å². The van der Waals surface area contributed by atoms with Crippen LogP contribution in [0.5, 0.6) is 5.75 Å². The van der Waals surface area contributed by atoms with Gasteiger partial charge in [-0.15, -0.1) is 0 Å². The number of anilines is 3. The first-order chi connectivity index (χ1) is 17.2. The molecule has 2 N–H and O–H groups in total. The number of aromatic nitrogens is 1. The molecule has 36 heavy (non-hydrogen) atoms. The lowest BCUT2D eigenvalue weighted by atomic mass is 9.85. The number of hydrogen-bond acceptors (Lipinski definition) is 6. The van der Waals surface area contributed by atoms with E-state index in [-0.39, 0.29) is 28.0 Å². The van der Waals surface area contributed by atoms with Gasteiger partial charge in [0, 0.05) is 34.7 Å². The van der Waals surface area contributed by atoms with Crippen LogP contribution in [0, 0.1) is 11.3 Å². The summed E-state index contributed by atoms with van der Waals surface area (Å²) in [7, 11) is 1.42. The summed E-state index contributed by atoms with van der Waals surface area (Å²) in [5.41, 5.74) is 3.03. The molecule has 0 aliphatic rings. The van der Waals surface area contributed by atoms with Gasteiger partial charge in [-0.2, -0.15) is 5.26 Å². The lowest BCUT2D eigenvalue weighted by Crippen LogP contribution is -2.24. The maximum absolute atomic E-state index is 13.3. The van der Waals surface area contributed by atoms with Crippen molar-refractivity contribution in [2.75, 3.05) is 17.7 Å². The van der Waals surface area contributed by atoms with Crippen molar-refractivity contribution in [2.24, 2.45) is 0 Å². The van der Waals surface area contributed by atoms with Crippen molar-refractivity contribution in [2.45, 2.75) is 26.2 Å². The third kappa shape index (κ3) is 4.89. The number of carbonyl (C=O) groups excluding carboxylic acids is 2. The second kappa shape index (κ2) is 9.88. The van der Waals surface area contributed by atoms with Gasteiger partial charge in [-0.05, 0) is 52.8 Å². The molecule has 0 atom stereocenters. The minimum Gasteiger partial charge on any atom is -0.493 e. The number of ether oxygens (including phenoxy) is 1. The Morgan fingerprint density at radius 1 is 0.944 bits per heavy atom. The quantitative estimate of drug-likeness (QED) is 0.261. The van der Waals surface area contributed by atoms with Crippen molar-refractivity contribution in [1.82, 2.24) is 4.98 Å². The largest absolute Gasteiger partial charge is 0.493 e. The number of carbonyl (C=O) groups is 2. The molecule has 4 rings (SSSR count). The molecule has 4 aromatic rings. The van der Waals surface area contributed by atoms with Gasteiger partial charge in [0.25, 0.3) is 11.7 Å². The van der Waals surface area contributed by atoms with E-state index in [1.165, 1.54) is 7.11 Å². The molecule has 1 amide bonds. The summed E-state index contributed by atoms with van der Waals surface area (Å²) in [6.45, 7) is 6.00. The minimum atomic E-state index is -0.816. The Bertz CT molecular complexity index is 1500. The Kier molecular flexibility index (Phi) is 6.71. The molecule has 0 saturated heterocycles. The van der Waals surface area contributed by atoms with Crippen LogP contribution in [0.1, 0.15) is 42.3 Å². The monoisotopic (exact) mass is 478 g/mol. The topological polar surface area (TPSA) is 104 Å². The summed E-state index contributed by atoms with van der Waals surface area (Å²) in [4.78, 5) is 30.5. The van der Waals surface area contributed by atoms with Crippen molar-refractivity contribution in [1.29, 1.82) is 5.26 Å². The predicted octanol–water partition coefficient (Wildman–Crippen LogP) is 5.98. The van der Waals surface area contributed by atoms with E-state index in [9.17, 15) is 14.9 Å². The molecule has 0 radical (unpaired) electrons. The van der Waals surface area contributed by atoms with Crippen LogP contribution in [0.25, 0.3) is 10.8 Å². The molecule has 1 aromatic heterocycles. The fourth-order valence-electron chi connectivity index (χ4n) is 3.96. The average Bonchev–Trinajstić information content (AvgIpc) is 2.88. The van der Waals surface area contributed by atoms with Crippen molar-refractivity contribution >= 4 is 39.5 Å². The number of nitrogens with one attached hydrogen (secondary N) is 2. The van der Waals surface area contributed by atoms with E-state index >= 15 is 0 Å². The highest BCUT2D eigenvalue weighted by molar-refractivity contribution is 6.48. The molecule has 0 spiro atoms. The Balaban J connectivity index is 1.70. The Labute approximate surface area is 209 Å². The number of Topliss-reactive ketones (excluding diaryl/α,β-unsaturated/α-hetero) is 1. The molecule has 0 bridgehead atoms. The van der Waals surface area contributed by atoms with Gasteiger partial charge in [-0.3, -0.25) is 14.6 Å². The SMILES string of the molecule is COc1c(C#N)cc(C(C)(C)C)cc1NC(=O)C(=O)c1ccc(Nc2ccncc2)c2ccccc12. The number of benzene rings is 3. The van der Waals surface area contributed by atoms with E-state index < -0.39 is 11.7 Å². The smallest absolute Gasteiger partial charge is 0.296 e. The summed E-state index contributed by atoms with van der Waals surface area (Å²) in [5.74, 6) is -1.29. The maximum atomic E-state index is 13.3. The van der Waals surface area contributed by atoms with Crippen molar-refractivity contribution in [3.8, 4) is 11.8 Å². The molecule has 180 valence electrons. The van der Waals surface area contributed by atoms with Crippen LogP contribution >= 0.6 is 0 Å². The van der Waals surface area contributed by atoms with Gasteiger partial charge in [0.1, 0.15) is 6.07 Å². The molecule has 1 heterocycles. The first-order valence-electron chi connectivity index (χ1n) is 11.4. The Morgan fingerprint density at radius 2 is 1.64 bits per heavy atom. The number of methoxy groups -OCH3 is 1. The second-order valence-electron chi connectivity index (χ2n) is 9.32. The molecule has 0 unspecified atom stereocenters. The zero-order valence-corrected chi connectivity index (χ0v) is 20.5. The van der Waals surface area contributed by atoms with Gasteiger partial charge in [-0.1, -0.05) is 45.0 Å². The summed E-state index contributed by atoms with van der Waals surface area (Å²) >= 11 is 0. The molecule has 0 saturated carbocycles. The number of rotatable bonds is 6. The number of pyridine rings is 1. The highest BCUT2D eigenvalue weighted by Gasteiger charge is 2.24. The molecule has 3 aromatic carbocycles. The Morgan fingerprint density at radius 3 is 2.28 bits per heavy atom. The fourth-order valence-corrected chi connectivity index (χ4v) is 3.96. The molecule has 0 aliphatic carbocycles. The summed E-state index contributed by atoms with van der Waals surface area (Å²) in [6, 6.07) is 20.1. The van der Waals surface area contributed by atoms with Crippen LogP contribution in [-0.2, 0) is 10.2 Å². The second-order valence-corrected chi connectivity index (χ2v) is 9.32. The standard InChI is InChI=1S/C29H26N4O3/c1-29(2,3)19-15-18(17-30)27(36-4)25(16-19)33-28(35)26(34)23-9-10-24(22-8-6-5-7-21(22)23)32-20-11-13-31-14-12-20/h5-16H,1-4H3,(H,31,32)(H,33,35). The molecular formula is C29H26N4O3. The molecule has 0 fully saturated rings. The predicted molar refractivity (Wildman–Crippen MR) is 141 cm³/mol. The van der Waals surface area contributed by atoms with Crippen LogP contribution in [-0.4, -0.2) is 23.8 Å². The van der Waals surface area contributed by atoms with Crippen LogP contribution < -0.4 is 15.4 Å². The van der Waals surface area contributed by atoms with Gasteiger partial charge in [0.15, 0.2) is 5.75 Å². The average molecular weight is 479 g/mol. The number of fused-ring (bicyclic) bond motifs is 1. The number of amides is 1. The van der Waals surface area contributed by atoms with Crippen molar-refractivity contribution < 1.29 is 14.3 Å². The van der Waals surface area contributed by atoms with E-state index in [4.69, 9.17) is 4.74 Å².